The SMILES string of the molecule is CCC(CCO)NC(CN)c1cc(Cl)ccc1F. The number of rotatable bonds is 7. The topological polar surface area (TPSA) is 58.3 Å². The molecule has 0 aromatic heterocycles. The first-order chi connectivity index (χ1) is 8.62. The molecule has 0 bridgehead atoms. The molecule has 0 heterocycles. The lowest BCUT2D eigenvalue weighted by Gasteiger charge is -2.24. The Bertz CT molecular complexity index is 376. The van der Waals surface area contributed by atoms with Gasteiger partial charge in [0, 0.05) is 35.8 Å². The zero-order valence-electron chi connectivity index (χ0n) is 10.5. The first-order valence-electron chi connectivity index (χ1n) is 6.14. The molecule has 2 atom stereocenters. The quantitative estimate of drug-likeness (QED) is 0.715. The number of hydrogen-bond acceptors (Lipinski definition) is 3. The first-order valence-corrected chi connectivity index (χ1v) is 6.52. The molecule has 1 rings (SSSR count). The van der Waals surface area contributed by atoms with Gasteiger partial charge in [-0.15, -0.1) is 0 Å². The highest BCUT2D eigenvalue weighted by Crippen LogP contribution is 2.22. The van der Waals surface area contributed by atoms with Crippen LogP contribution in [-0.4, -0.2) is 24.3 Å². The van der Waals surface area contributed by atoms with E-state index < -0.39 is 0 Å². The van der Waals surface area contributed by atoms with E-state index in [-0.39, 0.29) is 31.1 Å². The summed E-state index contributed by atoms with van der Waals surface area (Å²) in [5.41, 5.74) is 6.16. The van der Waals surface area contributed by atoms with Crippen LogP contribution in [0.2, 0.25) is 5.02 Å². The molecule has 2 unspecified atom stereocenters. The lowest BCUT2D eigenvalue weighted by atomic mass is 10.0. The van der Waals surface area contributed by atoms with Gasteiger partial charge in [0.25, 0.3) is 0 Å². The molecule has 0 aliphatic heterocycles. The van der Waals surface area contributed by atoms with Gasteiger partial charge in [-0.05, 0) is 31.0 Å². The zero-order chi connectivity index (χ0) is 13.5. The van der Waals surface area contributed by atoms with Gasteiger partial charge in [-0.2, -0.15) is 0 Å². The smallest absolute Gasteiger partial charge is 0.128 e. The fourth-order valence-corrected chi connectivity index (χ4v) is 2.09. The van der Waals surface area contributed by atoms with Crippen LogP contribution >= 0.6 is 11.6 Å². The molecule has 0 saturated heterocycles. The number of aliphatic hydroxyl groups excluding tert-OH is 1. The van der Waals surface area contributed by atoms with Crippen LogP contribution in [0.4, 0.5) is 4.39 Å². The van der Waals surface area contributed by atoms with Crippen molar-refractivity contribution < 1.29 is 9.50 Å². The molecular weight excluding hydrogens is 255 g/mol. The van der Waals surface area contributed by atoms with Crippen molar-refractivity contribution in [3.05, 3.63) is 34.6 Å². The van der Waals surface area contributed by atoms with Gasteiger partial charge in [-0.1, -0.05) is 18.5 Å². The number of nitrogens with one attached hydrogen (secondary N) is 1. The molecule has 1 aromatic carbocycles. The maximum atomic E-state index is 13.7. The third-order valence-electron chi connectivity index (χ3n) is 2.98. The van der Waals surface area contributed by atoms with E-state index in [9.17, 15) is 4.39 Å². The molecule has 0 aliphatic carbocycles. The summed E-state index contributed by atoms with van der Waals surface area (Å²) in [5, 5.41) is 12.7. The highest BCUT2D eigenvalue weighted by Gasteiger charge is 2.18. The molecule has 0 radical (unpaired) electrons. The summed E-state index contributed by atoms with van der Waals surface area (Å²) in [4.78, 5) is 0. The average Bonchev–Trinajstić information content (AvgIpc) is 2.37. The second-order valence-corrected chi connectivity index (χ2v) is 4.67. The minimum atomic E-state index is -0.318. The Balaban J connectivity index is 2.84. The summed E-state index contributed by atoms with van der Waals surface area (Å²) >= 11 is 5.87. The lowest BCUT2D eigenvalue weighted by molar-refractivity contribution is 0.255. The second-order valence-electron chi connectivity index (χ2n) is 4.24. The van der Waals surface area contributed by atoms with Gasteiger partial charge in [0.15, 0.2) is 0 Å². The highest BCUT2D eigenvalue weighted by atomic mass is 35.5. The minimum Gasteiger partial charge on any atom is -0.396 e. The Labute approximate surface area is 112 Å². The van der Waals surface area contributed by atoms with Crippen LogP contribution in [0.3, 0.4) is 0 Å². The van der Waals surface area contributed by atoms with Gasteiger partial charge in [-0.3, -0.25) is 0 Å². The second kappa shape index (κ2) is 7.69. The van der Waals surface area contributed by atoms with Crippen LogP contribution in [0.25, 0.3) is 0 Å². The Kier molecular flexibility index (Phi) is 6.57. The van der Waals surface area contributed by atoms with Crippen molar-refractivity contribution in [1.29, 1.82) is 0 Å². The number of aliphatic hydroxyl groups is 1. The van der Waals surface area contributed by atoms with Gasteiger partial charge in [0.1, 0.15) is 5.82 Å². The summed E-state index contributed by atoms with van der Waals surface area (Å²) in [7, 11) is 0. The van der Waals surface area contributed by atoms with Gasteiger partial charge in [0.05, 0.1) is 0 Å². The number of benzene rings is 1. The number of nitrogens with two attached hydrogens (primary N) is 1. The predicted molar refractivity (Wildman–Crippen MR) is 72.1 cm³/mol. The fraction of sp³-hybridized carbons (Fsp3) is 0.538. The molecule has 5 heteroatoms. The van der Waals surface area contributed by atoms with E-state index in [0.717, 1.165) is 6.42 Å². The molecule has 0 saturated carbocycles. The monoisotopic (exact) mass is 274 g/mol. The van der Waals surface area contributed by atoms with Gasteiger partial charge in [-0.25, -0.2) is 4.39 Å². The van der Waals surface area contributed by atoms with Crippen molar-refractivity contribution in [2.24, 2.45) is 5.73 Å². The molecule has 0 spiro atoms. The van der Waals surface area contributed by atoms with Crippen molar-refractivity contribution in [2.45, 2.75) is 31.8 Å². The van der Waals surface area contributed by atoms with E-state index in [0.29, 0.717) is 17.0 Å². The van der Waals surface area contributed by atoms with Gasteiger partial charge < -0.3 is 16.2 Å². The summed E-state index contributed by atoms with van der Waals surface area (Å²) in [5.74, 6) is -0.318. The Hall–Kier alpha value is -0.680. The normalized spacial score (nSPS) is 14.5. The number of hydrogen-bond donors (Lipinski definition) is 3. The zero-order valence-corrected chi connectivity index (χ0v) is 11.3. The van der Waals surface area contributed by atoms with Crippen LogP contribution in [-0.2, 0) is 0 Å². The Morgan fingerprint density at radius 3 is 2.78 bits per heavy atom. The molecule has 1 aromatic rings. The molecule has 0 aliphatic rings. The van der Waals surface area contributed by atoms with Crippen LogP contribution < -0.4 is 11.1 Å². The van der Waals surface area contributed by atoms with E-state index in [1.807, 2.05) is 6.92 Å². The van der Waals surface area contributed by atoms with Gasteiger partial charge in [0.2, 0.25) is 0 Å². The average molecular weight is 275 g/mol. The van der Waals surface area contributed by atoms with E-state index in [2.05, 4.69) is 5.32 Å². The van der Waals surface area contributed by atoms with Gasteiger partial charge >= 0.3 is 0 Å². The highest BCUT2D eigenvalue weighted by molar-refractivity contribution is 6.30. The van der Waals surface area contributed by atoms with Crippen LogP contribution in [0.1, 0.15) is 31.4 Å². The Morgan fingerprint density at radius 1 is 1.50 bits per heavy atom. The molecular formula is C13H20ClFN2O. The van der Waals surface area contributed by atoms with Crippen LogP contribution in [0.5, 0.6) is 0 Å². The van der Waals surface area contributed by atoms with E-state index in [1.54, 1.807) is 6.07 Å². The Morgan fingerprint density at radius 2 is 2.22 bits per heavy atom. The van der Waals surface area contributed by atoms with Crippen molar-refractivity contribution in [3.8, 4) is 0 Å². The molecule has 0 amide bonds. The summed E-state index contributed by atoms with van der Waals surface area (Å²) in [6, 6.07) is 4.27. The summed E-state index contributed by atoms with van der Waals surface area (Å²) < 4.78 is 13.7. The van der Waals surface area contributed by atoms with Crippen molar-refractivity contribution in [3.63, 3.8) is 0 Å². The minimum absolute atomic E-state index is 0.0980. The third kappa shape index (κ3) is 4.21. The largest absolute Gasteiger partial charge is 0.396 e. The van der Waals surface area contributed by atoms with Crippen molar-refractivity contribution in [1.82, 2.24) is 5.32 Å². The van der Waals surface area contributed by atoms with Crippen molar-refractivity contribution in [2.75, 3.05) is 13.2 Å². The van der Waals surface area contributed by atoms with E-state index in [4.69, 9.17) is 22.4 Å². The number of halogens is 2. The van der Waals surface area contributed by atoms with Crippen molar-refractivity contribution >= 4 is 11.6 Å². The molecule has 3 nitrogen and oxygen atoms in total. The van der Waals surface area contributed by atoms with Crippen LogP contribution in [0.15, 0.2) is 18.2 Å². The summed E-state index contributed by atoms with van der Waals surface area (Å²) in [6.45, 7) is 2.38. The first kappa shape index (κ1) is 15.4. The summed E-state index contributed by atoms with van der Waals surface area (Å²) in [6.07, 6.45) is 1.47. The standard InChI is InChI=1S/C13H20ClFN2O/c1-2-10(5-6-18)17-13(8-16)11-7-9(14)3-4-12(11)15/h3-4,7,10,13,17-18H,2,5-6,8,16H2,1H3. The van der Waals surface area contributed by atoms with E-state index >= 15 is 0 Å². The maximum absolute atomic E-state index is 13.7. The third-order valence-corrected chi connectivity index (χ3v) is 3.21. The fourth-order valence-electron chi connectivity index (χ4n) is 1.91. The molecule has 102 valence electrons. The van der Waals surface area contributed by atoms with Crippen LogP contribution in [0, 0.1) is 5.82 Å². The molecule has 0 fully saturated rings. The predicted octanol–water partition coefficient (Wildman–Crippen LogP) is 2.23. The van der Waals surface area contributed by atoms with E-state index in [1.165, 1.54) is 12.1 Å². The molecule has 4 N–H and O–H groups in total. The maximum Gasteiger partial charge on any atom is 0.128 e. The lowest BCUT2D eigenvalue weighted by Crippen LogP contribution is -2.37. The molecule has 18 heavy (non-hydrogen) atoms.